The molecule has 2 heterocycles. The number of aryl methyl sites for hydroxylation is 1. The van der Waals surface area contributed by atoms with E-state index in [0.717, 1.165) is 36.9 Å². The van der Waals surface area contributed by atoms with Gasteiger partial charge in [-0.05, 0) is 70.6 Å². The number of fused-ring (bicyclic) bond motifs is 1. The van der Waals surface area contributed by atoms with Crippen molar-refractivity contribution in [1.82, 2.24) is 15.6 Å². The zero-order valence-corrected chi connectivity index (χ0v) is 24.8. The molecule has 0 amide bonds. The second-order valence-electron chi connectivity index (χ2n) is 9.96. The molecule has 3 aromatic rings. The van der Waals surface area contributed by atoms with Crippen molar-refractivity contribution in [3.05, 3.63) is 65.9 Å². The number of hydrogen-bond donors (Lipinski definition) is 3. The molecule has 2 aromatic carbocycles. The van der Waals surface area contributed by atoms with Crippen LogP contribution in [0.1, 0.15) is 37.8 Å². The number of nitrogens with one attached hydrogen (secondary N) is 3. The Balaban J connectivity index is 1.68. The lowest BCUT2D eigenvalue weighted by atomic mass is 10.0. The summed E-state index contributed by atoms with van der Waals surface area (Å²) in [5, 5.41) is 8.20. The van der Waals surface area contributed by atoms with Gasteiger partial charge in [-0.15, -0.1) is 0 Å². The summed E-state index contributed by atoms with van der Waals surface area (Å²) in [6.07, 6.45) is 5.20. The minimum Gasteiger partial charge on any atom is -0.437 e. The van der Waals surface area contributed by atoms with Gasteiger partial charge in [0.15, 0.2) is 0 Å². The number of anilines is 1. The van der Waals surface area contributed by atoms with Gasteiger partial charge in [-0.1, -0.05) is 30.3 Å². The van der Waals surface area contributed by atoms with Gasteiger partial charge < -0.3 is 20.1 Å². The molecule has 0 spiro atoms. The number of pyridine rings is 1. The Morgan fingerprint density at radius 2 is 2.07 bits per heavy atom. The Hall–Kier alpha value is -3.80. The molecule has 11 heteroatoms. The molecule has 41 heavy (non-hydrogen) atoms. The molecule has 1 aliphatic rings. The van der Waals surface area contributed by atoms with E-state index in [1.54, 1.807) is 25.3 Å². The quantitative estimate of drug-likeness (QED) is 0.231. The van der Waals surface area contributed by atoms with Gasteiger partial charge in [0.2, 0.25) is 21.9 Å². The van der Waals surface area contributed by atoms with Crippen LogP contribution >= 0.6 is 0 Å². The number of guanidine groups is 1. The second-order valence-corrected chi connectivity index (χ2v) is 11.7. The second kappa shape index (κ2) is 13.7. The summed E-state index contributed by atoms with van der Waals surface area (Å²) in [6.45, 7) is 11.1. The molecule has 1 aliphatic heterocycles. The third-order valence-electron chi connectivity index (χ3n) is 6.86. The number of aliphatic imine (C=N–C) groups is 2. The van der Waals surface area contributed by atoms with Crippen molar-refractivity contribution in [3.8, 4) is 11.6 Å². The summed E-state index contributed by atoms with van der Waals surface area (Å²) in [6, 6.07) is 13.1. The van der Waals surface area contributed by atoms with Crippen molar-refractivity contribution in [2.24, 2.45) is 9.98 Å². The highest BCUT2D eigenvalue weighted by Crippen LogP contribution is 2.38. The van der Waals surface area contributed by atoms with Crippen molar-refractivity contribution in [1.29, 1.82) is 0 Å². The Kier molecular flexibility index (Phi) is 10.1. The van der Waals surface area contributed by atoms with Gasteiger partial charge in [0.1, 0.15) is 5.75 Å². The molecule has 1 saturated heterocycles. The van der Waals surface area contributed by atoms with Crippen LogP contribution in [-0.4, -0.2) is 64.2 Å². The van der Waals surface area contributed by atoms with E-state index < -0.39 is 16.1 Å². The molecule has 1 unspecified atom stereocenters. The Morgan fingerprint density at radius 3 is 2.78 bits per heavy atom. The number of sulfonamides is 1. The van der Waals surface area contributed by atoms with Crippen LogP contribution in [0.5, 0.6) is 11.6 Å². The van der Waals surface area contributed by atoms with Crippen molar-refractivity contribution in [3.63, 3.8) is 0 Å². The highest BCUT2D eigenvalue weighted by molar-refractivity contribution is 7.92. The van der Waals surface area contributed by atoms with E-state index >= 15 is 0 Å². The lowest BCUT2D eigenvalue weighted by Gasteiger charge is -2.24. The van der Waals surface area contributed by atoms with Gasteiger partial charge in [-0.25, -0.2) is 23.4 Å². The van der Waals surface area contributed by atoms with Crippen LogP contribution in [0.2, 0.25) is 0 Å². The summed E-state index contributed by atoms with van der Waals surface area (Å²) >= 11 is 0. The van der Waals surface area contributed by atoms with Crippen LogP contribution in [0.25, 0.3) is 16.5 Å². The van der Waals surface area contributed by atoms with Crippen LogP contribution in [0, 0.1) is 6.92 Å². The molecule has 2 atom stereocenters. The molecule has 1 aromatic heterocycles. The molecule has 10 nitrogen and oxygen atoms in total. The average molecular weight is 579 g/mol. The summed E-state index contributed by atoms with van der Waals surface area (Å²) in [5.74, 6) is 1.21. The van der Waals surface area contributed by atoms with E-state index in [1.165, 1.54) is 7.11 Å². The third-order valence-corrected chi connectivity index (χ3v) is 8.30. The van der Waals surface area contributed by atoms with E-state index in [2.05, 4.69) is 32.0 Å². The Morgan fingerprint density at radius 1 is 1.24 bits per heavy atom. The Labute approximate surface area is 242 Å². The van der Waals surface area contributed by atoms with Crippen LogP contribution in [0.4, 0.5) is 5.69 Å². The first-order valence-corrected chi connectivity index (χ1v) is 15.3. The molecule has 0 aliphatic carbocycles. The van der Waals surface area contributed by atoms with Gasteiger partial charge in [0.05, 0.1) is 28.8 Å². The monoisotopic (exact) mass is 578 g/mol. The molecule has 1 fully saturated rings. The van der Waals surface area contributed by atoms with Crippen molar-refractivity contribution in [2.75, 3.05) is 30.7 Å². The molecular formula is C30H38N6O4S. The maximum atomic E-state index is 12.8. The number of aromatic nitrogens is 1. The zero-order valence-electron chi connectivity index (χ0n) is 24.0. The van der Waals surface area contributed by atoms with Gasteiger partial charge in [0.25, 0.3) is 0 Å². The standard InChI is InChI=1S/C30H38N6O4S/c1-6-26(35-30(31-4)34-22-10-8-16-32-18-22)25-12-9-17-33-29(25)40-28-20(2)14-15-23-24(28)11-7-13-27(23)36-41(37,38)19-21(3)39-5/h6-7,9,11-15,17,21-22,32,36H,4,8,10,16,18-19H2,1-3,5H3,(H,34,35)/b26-6-/t21?,22-/m0/s1. The van der Waals surface area contributed by atoms with Gasteiger partial charge >= 0.3 is 0 Å². The molecular weight excluding hydrogens is 540 g/mol. The van der Waals surface area contributed by atoms with Crippen molar-refractivity contribution in [2.45, 2.75) is 45.8 Å². The smallest absolute Gasteiger partial charge is 0.235 e. The number of nitrogens with zero attached hydrogens (tertiary/aromatic N) is 3. The summed E-state index contributed by atoms with van der Waals surface area (Å²) in [4.78, 5) is 13.4. The van der Waals surface area contributed by atoms with E-state index in [-0.39, 0.29) is 11.8 Å². The predicted molar refractivity (Wildman–Crippen MR) is 167 cm³/mol. The highest BCUT2D eigenvalue weighted by Gasteiger charge is 2.20. The fourth-order valence-electron chi connectivity index (χ4n) is 4.68. The van der Waals surface area contributed by atoms with Crippen LogP contribution < -0.4 is 20.1 Å². The molecule has 0 saturated carbocycles. The number of ether oxygens (including phenoxy) is 2. The van der Waals surface area contributed by atoms with E-state index in [1.807, 2.05) is 50.3 Å². The van der Waals surface area contributed by atoms with Crippen LogP contribution in [0.15, 0.2) is 64.7 Å². The van der Waals surface area contributed by atoms with E-state index in [9.17, 15) is 8.42 Å². The topological polar surface area (TPSA) is 126 Å². The summed E-state index contributed by atoms with van der Waals surface area (Å²) in [7, 11) is -2.15. The largest absolute Gasteiger partial charge is 0.437 e. The first kappa shape index (κ1) is 30.2. The number of allylic oxidation sites excluding steroid dienone is 1. The normalized spacial score (nSPS) is 17.2. The summed E-state index contributed by atoms with van der Waals surface area (Å²) < 4.78 is 39.9. The minimum absolute atomic E-state index is 0.160. The first-order valence-electron chi connectivity index (χ1n) is 13.6. The van der Waals surface area contributed by atoms with Gasteiger partial charge in [-0.2, -0.15) is 0 Å². The van der Waals surface area contributed by atoms with Gasteiger partial charge in [0, 0.05) is 36.7 Å². The molecule has 4 rings (SSSR count). The summed E-state index contributed by atoms with van der Waals surface area (Å²) in [5.41, 5.74) is 2.64. The van der Waals surface area contributed by atoms with Crippen molar-refractivity contribution >= 4 is 44.9 Å². The maximum Gasteiger partial charge on any atom is 0.235 e. The van der Waals surface area contributed by atoms with Crippen molar-refractivity contribution < 1.29 is 17.9 Å². The fourth-order valence-corrected chi connectivity index (χ4v) is 6.03. The maximum absolute atomic E-state index is 12.8. The van der Waals surface area contributed by atoms with Crippen LogP contribution in [-0.2, 0) is 14.8 Å². The first-order chi connectivity index (χ1) is 19.7. The molecule has 0 bridgehead atoms. The fraction of sp³-hybridized carbons (Fsp3) is 0.367. The third kappa shape index (κ3) is 7.69. The highest BCUT2D eigenvalue weighted by atomic mass is 32.2. The minimum atomic E-state index is -3.64. The van der Waals surface area contributed by atoms with Crippen LogP contribution in [0.3, 0.4) is 0 Å². The number of hydrogen-bond acceptors (Lipinski definition) is 7. The molecule has 3 N–H and O–H groups in total. The lowest BCUT2D eigenvalue weighted by Crippen LogP contribution is -2.45. The number of piperidine rings is 1. The zero-order chi connectivity index (χ0) is 29.4. The average Bonchev–Trinajstić information content (AvgIpc) is 2.97. The molecule has 218 valence electrons. The SMILES string of the molecule is C=N/C(=N\C(=C/C)c1cccnc1Oc1c(C)ccc2c(NS(=O)(=O)CC(C)OC)cccc12)N[C@H]1CCCNC1. The number of methoxy groups -OCH3 is 1. The number of benzene rings is 2. The predicted octanol–water partition coefficient (Wildman–Crippen LogP) is 4.87. The number of rotatable bonds is 10. The molecule has 0 radical (unpaired) electrons. The lowest BCUT2D eigenvalue weighted by molar-refractivity contribution is 0.136. The van der Waals surface area contributed by atoms with Gasteiger partial charge in [-0.3, -0.25) is 4.72 Å². The van der Waals surface area contributed by atoms with E-state index in [0.29, 0.717) is 39.9 Å². The van der Waals surface area contributed by atoms with E-state index in [4.69, 9.17) is 14.5 Å². The Bertz CT molecular complexity index is 1550.